The average Bonchev–Trinajstić information content (AvgIpc) is 3.38. The van der Waals surface area contributed by atoms with E-state index in [9.17, 15) is 27.5 Å². The van der Waals surface area contributed by atoms with E-state index in [1.165, 1.54) is 12.3 Å². The number of ether oxygens (including phenoxy) is 1. The number of pyridine rings is 1. The standard InChI is InChI=1S/C29H35F4N3O3/c30-25-15-21(27(38)36-12-1-3-23(36)17-37)4-6-24(25)22-5-7-26(34-16-22)39-18-20-8-13-35(14-9-20)19-28(10-2-11-28)29(31,32)33/h4-7,15-16,20,23,37H,1-3,8-14,17-19H2/t23-/m1/s1. The quantitative estimate of drug-likeness (QED) is 0.453. The van der Waals surface area contributed by atoms with Crippen molar-refractivity contribution in [1.82, 2.24) is 14.8 Å². The number of aromatic nitrogens is 1. The van der Waals surface area contributed by atoms with Gasteiger partial charge in [-0.3, -0.25) is 4.79 Å². The lowest BCUT2D eigenvalue weighted by molar-refractivity contribution is -0.256. The number of carbonyl (C=O) groups excluding carboxylic acids is 1. The maximum Gasteiger partial charge on any atom is 0.395 e. The Morgan fingerprint density at radius 3 is 2.44 bits per heavy atom. The molecule has 1 aliphatic carbocycles. The van der Waals surface area contributed by atoms with Gasteiger partial charge in [-0.05, 0) is 75.7 Å². The Bertz CT molecular complexity index is 1150. The third kappa shape index (κ3) is 5.91. The van der Waals surface area contributed by atoms with E-state index in [2.05, 4.69) is 4.98 Å². The lowest BCUT2D eigenvalue weighted by atomic mass is 9.67. The Morgan fingerprint density at radius 2 is 1.85 bits per heavy atom. The van der Waals surface area contributed by atoms with Crippen LogP contribution in [0.4, 0.5) is 17.6 Å². The van der Waals surface area contributed by atoms with Gasteiger partial charge >= 0.3 is 6.18 Å². The lowest BCUT2D eigenvalue weighted by Crippen LogP contribution is -2.53. The molecule has 3 heterocycles. The molecule has 2 aromatic rings. The van der Waals surface area contributed by atoms with Crippen LogP contribution in [0.15, 0.2) is 36.5 Å². The number of benzene rings is 1. The Morgan fingerprint density at radius 1 is 1.08 bits per heavy atom. The summed E-state index contributed by atoms with van der Waals surface area (Å²) in [6, 6.07) is 7.53. The van der Waals surface area contributed by atoms with Gasteiger partial charge in [-0.15, -0.1) is 0 Å². The predicted molar refractivity (Wildman–Crippen MR) is 138 cm³/mol. The first-order valence-corrected chi connectivity index (χ1v) is 13.8. The minimum absolute atomic E-state index is 0.0974. The summed E-state index contributed by atoms with van der Waals surface area (Å²) in [6.07, 6.45) is 1.62. The first kappa shape index (κ1) is 27.8. The molecular formula is C29H35F4N3O3. The molecule has 0 unspecified atom stereocenters. The molecular weight excluding hydrogens is 514 g/mol. The van der Waals surface area contributed by atoms with E-state index in [-0.39, 0.29) is 49.4 Å². The van der Waals surface area contributed by atoms with Crippen LogP contribution in [0.25, 0.3) is 11.1 Å². The first-order valence-electron chi connectivity index (χ1n) is 13.8. The van der Waals surface area contributed by atoms with Crippen molar-refractivity contribution in [1.29, 1.82) is 0 Å². The van der Waals surface area contributed by atoms with Gasteiger partial charge in [-0.2, -0.15) is 13.2 Å². The molecule has 0 radical (unpaired) electrons. The highest BCUT2D eigenvalue weighted by Crippen LogP contribution is 2.53. The molecule has 0 bridgehead atoms. The van der Waals surface area contributed by atoms with E-state index >= 15 is 0 Å². The smallest absolute Gasteiger partial charge is 0.395 e. The minimum Gasteiger partial charge on any atom is -0.477 e. The number of likely N-dealkylation sites (tertiary alicyclic amines) is 2. The van der Waals surface area contributed by atoms with Crippen molar-refractivity contribution in [3.63, 3.8) is 0 Å². The zero-order chi connectivity index (χ0) is 27.6. The lowest BCUT2D eigenvalue weighted by Gasteiger charge is -2.47. The molecule has 39 heavy (non-hydrogen) atoms. The second-order valence-corrected chi connectivity index (χ2v) is 11.2. The molecule has 1 aromatic carbocycles. The SMILES string of the molecule is O=C(c1ccc(-c2ccc(OCC3CCN(CC4(C(F)(F)F)CCC4)CC3)nc2)c(F)c1)N1CCC[C@@H]1CO. The number of piperidine rings is 1. The molecule has 2 aliphatic heterocycles. The summed E-state index contributed by atoms with van der Waals surface area (Å²) in [4.78, 5) is 20.6. The Balaban J connectivity index is 1.12. The number of alkyl halides is 3. The summed E-state index contributed by atoms with van der Waals surface area (Å²) in [7, 11) is 0. The molecule has 10 heteroatoms. The zero-order valence-corrected chi connectivity index (χ0v) is 21.9. The van der Waals surface area contributed by atoms with E-state index < -0.39 is 17.4 Å². The van der Waals surface area contributed by atoms with E-state index in [1.807, 2.05) is 4.90 Å². The zero-order valence-electron chi connectivity index (χ0n) is 21.9. The van der Waals surface area contributed by atoms with Crippen LogP contribution in [-0.4, -0.2) is 77.4 Å². The van der Waals surface area contributed by atoms with Gasteiger partial charge in [0.2, 0.25) is 5.88 Å². The summed E-state index contributed by atoms with van der Waals surface area (Å²) in [6.45, 7) is 2.25. The van der Waals surface area contributed by atoms with Crippen molar-refractivity contribution in [2.45, 2.75) is 57.2 Å². The van der Waals surface area contributed by atoms with E-state index in [4.69, 9.17) is 4.74 Å². The monoisotopic (exact) mass is 549 g/mol. The fourth-order valence-corrected chi connectivity index (χ4v) is 6.04. The number of hydrogen-bond acceptors (Lipinski definition) is 5. The van der Waals surface area contributed by atoms with Gasteiger partial charge in [0.25, 0.3) is 5.91 Å². The van der Waals surface area contributed by atoms with Crippen LogP contribution < -0.4 is 4.74 Å². The summed E-state index contributed by atoms with van der Waals surface area (Å²) in [5, 5.41) is 9.48. The molecule has 3 aliphatic rings. The van der Waals surface area contributed by atoms with Crippen LogP contribution in [0.3, 0.4) is 0 Å². The Hall–Kier alpha value is -2.72. The van der Waals surface area contributed by atoms with Gasteiger partial charge in [0.05, 0.1) is 24.7 Å². The van der Waals surface area contributed by atoms with Crippen LogP contribution in [0.2, 0.25) is 0 Å². The fraction of sp³-hybridized carbons (Fsp3) is 0.586. The largest absolute Gasteiger partial charge is 0.477 e. The van der Waals surface area contributed by atoms with Gasteiger partial charge in [-0.25, -0.2) is 9.37 Å². The highest BCUT2D eigenvalue weighted by Gasteiger charge is 2.58. The third-order valence-electron chi connectivity index (χ3n) is 8.72. The summed E-state index contributed by atoms with van der Waals surface area (Å²) in [5.41, 5.74) is -0.400. The average molecular weight is 550 g/mol. The van der Waals surface area contributed by atoms with Gasteiger partial charge in [-0.1, -0.05) is 12.5 Å². The van der Waals surface area contributed by atoms with Crippen molar-refractivity contribution >= 4 is 5.91 Å². The minimum atomic E-state index is -4.14. The fourth-order valence-electron chi connectivity index (χ4n) is 6.04. The molecule has 6 nitrogen and oxygen atoms in total. The molecule has 212 valence electrons. The molecule has 2 saturated heterocycles. The first-order chi connectivity index (χ1) is 18.7. The molecule has 5 rings (SSSR count). The predicted octanol–water partition coefficient (Wildman–Crippen LogP) is 5.31. The number of carbonyl (C=O) groups is 1. The van der Waals surface area contributed by atoms with Crippen LogP contribution >= 0.6 is 0 Å². The van der Waals surface area contributed by atoms with Crippen LogP contribution in [0, 0.1) is 17.2 Å². The second kappa shape index (κ2) is 11.4. The molecule has 3 fully saturated rings. The Labute approximate surface area is 226 Å². The molecule has 1 saturated carbocycles. The number of nitrogens with zero attached hydrogens (tertiary/aromatic N) is 3. The molecule has 1 aromatic heterocycles. The van der Waals surface area contributed by atoms with Crippen molar-refractivity contribution in [3.05, 3.63) is 47.9 Å². The molecule has 1 amide bonds. The third-order valence-corrected chi connectivity index (χ3v) is 8.72. The molecule has 1 N–H and O–H groups in total. The summed E-state index contributed by atoms with van der Waals surface area (Å²) in [5.74, 6) is -0.165. The van der Waals surface area contributed by atoms with Crippen LogP contribution in [0.5, 0.6) is 5.88 Å². The summed E-state index contributed by atoms with van der Waals surface area (Å²) < 4.78 is 61.2. The van der Waals surface area contributed by atoms with Crippen LogP contribution in [-0.2, 0) is 0 Å². The highest BCUT2D eigenvalue weighted by atomic mass is 19.4. The maximum absolute atomic E-state index is 14.9. The van der Waals surface area contributed by atoms with Crippen molar-refractivity contribution < 1.29 is 32.2 Å². The van der Waals surface area contributed by atoms with Crippen molar-refractivity contribution in [3.8, 4) is 17.0 Å². The number of rotatable bonds is 8. The molecule has 0 spiro atoms. The highest BCUT2D eigenvalue weighted by molar-refractivity contribution is 5.95. The normalized spacial score (nSPS) is 22.1. The van der Waals surface area contributed by atoms with Gasteiger partial charge in [0.15, 0.2) is 0 Å². The van der Waals surface area contributed by atoms with Crippen molar-refractivity contribution in [2.24, 2.45) is 11.3 Å². The number of halogens is 4. The topological polar surface area (TPSA) is 65.9 Å². The van der Waals surface area contributed by atoms with E-state index in [1.54, 1.807) is 29.2 Å². The van der Waals surface area contributed by atoms with Crippen LogP contribution in [0.1, 0.15) is 55.3 Å². The van der Waals surface area contributed by atoms with Gasteiger partial charge in [0.1, 0.15) is 5.82 Å². The number of aliphatic hydroxyl groups is 1. The Kier molecular flexibility index (Phi) is 8.14. The molecule has 1 atom stereocenters. The number of aliphatic hydroxyl groups excluding tert-OH is 1. The number of amides is 1. The van der Waals surface area contributed by atoms with Gasteiger partial charge in [0, 0.05) is 42.0 Å². The summed E-state index contributed by atoms with van der Waals surface area (Å²) >= 11 is 0. The van der Waals surface area contributed by atoms with E-state index in [0.717, 1.165) is 25.7 Å². The second-order valence-electron chi connectivity index (χ2n) is 11.2. The van der Waals surface area contributed by atoms with Gasteiger partial charge < -0.3 is 19.6 Å². The number of hydrogen-bond donors (Lipinski definition) is 1. The van der Waals surface area contributed by atoms with Crippen molar-refractivity contribution in [2.75, 3.05) is 39.4 Å². The maximum atomic E-state index is 14.9. The van der Waals surface area contributed by atoms with E-state index in [0.29, 0.717) is 49.7 Å².